The zero-order chi connectivity index (χ0) is 21.5. The molecule has 0 atom stereocenters. The number of piperidine rings is 1. The average molecular weight is 411 g/mol. The van der Waals surface area contributed by atoms with Crippen LogP contribution in [0.2, 0.25) is 0 Å². The monoisotopic (exact) mass is 411 g/mol. The molecule has 8 nitrogen and oxygen atoms in total. The first-order valence-electron chi connectivity index (χ1n) is 9.95. The molecule has 0 aliphatic carbocycles. The Morgan fingerprint density at radius 1 is 1.17 bits per heavy atom. The number of amides is 1. The standard InChI is InChI=1S/C22H25N3O5/c1-16-9-11-24(12-10-16)19-8-7-18(13-20(19)25(28)29)22(27)30-15-21(26)23-14-17-5-3-2-4-6-17/h2-8,13,16H,9-12,14-15H2,1H3,(H,23,26). The summed E-state index contributed by atoms with van der Waals surface area (Å²) in [7, 11) is 0. The van der Waals surface area contributed by atoms with Crippen molar-refractivity contribution in [1.82, 2.24) is 5.32 Å². The van der Waals surface area contributed by atoms with Gasteiger partial charge in [0, 0.05) is 25.7 Å². The number of nitro benzene ring substituents is 1. The van der Waals surface area contributed by atoms with E-state index in [0.717, 1.165) is 31.5 Å². The molecule has 0 saturated carbocycles. The fourth-order valence-electron chi connectivity index (χ4n) is 3.38. The molecule has 0 spiro atoms. The molecule has 0 unspecified atom stereocenters. The van der Waals surface area contributed by atoms with E-state index in [1.807, 2.05) is 35.2 Å². The molecular weight excluding hydrogens is 386 g/mol. The SMILES string of the molecule is CC1CCN(c2ccc(C(=O)OCC(=O)NCc3ccccc3)cc2[N+](=O)[O-])CC1. The Kier molecular flexibility index (Phi) is 7.00. The molecule has 1 saturated heterocycles. The third-order valence-corrected chi connectivity index (χ3v) is 5.20. The number of hydrogen-bond donors (Lipinski definition) is 1. The van der Waals surface area contributed by atoms with Crippen LogP contribution in [0.1, 0.15) is 35.7 Å². The molecule has 0 radical (unpaired) electrons. The second kappa shape index (κ2) is 9.87. The second-order valence-electron chi connectivity index (χ2n) is 7.47. The first-order chi connectivity index (χ1) is 14.4. The number of carbonyl (C=O) groups excluding carboxylic acids is 2. The largest absolute Gasteiger partial charge is 0.452 e. The van der Waals surface area contributed by atoms with Gasteiger partial charge in [0.1, 0.15) is 5.69 Å². The molecule has 2 aromatic rings. The zero-order valence-electron chi connectivity index (χ0n) is 16.9. The van der Waals surface area contributed by atoms with E-state index in [-0.39, 0.29) is 11.3 Å². The molecule has 158 valence electrons. The van der Waals surface area contributed by atoms with E-state index in [4.69, 9.17) is 4.74 Å². The zero-order valence-corrected chi connectivity index (χ0v) is 16.9. The Balaban J connectivity index is 1.59. The van der Waals surface area contributed by atoms with Gasteiger partial charge in [-0.15, -0.1) is 0 Å². The van der Waals surface area contributed by atoms with Crippen molar-refractivity contribution < 1.29 is 19.2 Å². The predicted octanol–water partition coefficient (Wildman–Crippen LogP) is 3.30. The molecule has 1 aliphatic heterocycles. The number of nitrogens with one attached hydrogen (secondary N) is 1. The van der Waals surface area contributed by atoms with Crippen LogP contribution in [0.25, 0.3) is 0 Å². The van der Waals surface area contributed by atoms with Crippen molar-refractivity contribution in [2.45, 2.75) is 26.3 Å². The molecule has 8 heteroatoms. The lowest BCUT2D eigenvalue weighted by Crippen LogP contribution is -2.33. The highest BCUT2D eigenvalue weighted by Crippen LogP contribution is 2.32. The number of ether oxygens (including phenoxy) is 1. The van der Waals surface area contributed by atoms with E-state index < -0.39 is 23.4 Å². The van der Waals surface area contributed by atoms with Crippen molar-refractivity contribution in [2.75, 3.05) is 24.6 Å². The predicted molar refractivity (Wildman–Crippen MR) is 112 cm³/mol. The molecule has 3 rings (SSSR count). The maximum atomic E-state index is 12.3. The molecule has 1 aliphatic rings. The fourth-order valence-corrected chi connectivity index (χ4v) is 3.38. The number of hydrogen-bond acceptors (Lipinski definition) is 6. The lowest BCUT2D eigenvalue weighted by molar-refractivity contribution is -0.384. The van der Waals surface area contributed by atoms with Gasteiger partial charge in [0.2, 0.25) is 0 Å². The smallest absolute Gasteiger partial charge is 0.338 e. The quantitative estimate of drug-likeness (QED) is 0.426. The van der Waals surface area contributed by atoms with Gasteiger partial charge in [0.05, 0.1) is 10.5 Å². The lowest BCUT2D eigenvalue weighted by atomic mass is 9.98. The fraction of sp³-hybridized carbons (Fsp3) is 0.364. The third-order valence-electron chi connectivity index (χ3n) is 5.20. The van der Waals surface area contributed by atoms with Crippen LogP contribution in [0.15, 0.2) is 48.5 Å². The number of nitrogens with zero attached hydrogens (tertiary/aromatic N) is 2. The Morgan fingerprint density at radius 3 is 2.53 bits per heavy atom. The highest BCUT2D eigenvalue weighted by atomic mass is 16.6. The topological polar surface area (TPSA) is 102 Å². The lowest BCUT2D eigenvalue weighted by Gasteiger charge is -2.31. The van der Waals surface area contributed by atoms with Gasteiger partial charge in [-0.05, 0) is 36.5 Å². The third kappa shape index (κ3) is 5.56. The van der Waals surface area contributed by atoms with Crippen LogP contribution in [0.3, 0.4) is 0 Å². The van der Waals surface area contributed by atoms with Gasteiger partial charge in [-0.1, -0.05) is 37.3 Å². The molecule has 1 amide bonds. The van der Waals surface area contributed by atoms with E-state index in [0.29, 0.717) is 18.2 Å². The maximum Gasteiger partial charge on any atom is 0.338 e. The summed E-state index contributed by atoms with van der Waals surface area (Å²) < 4.78 is 5.03. The minimum absolute atomic E-state index is 0.0479. The van der Waals surface area contributed by atoms with Gasteiger partial charge in [0.15, 0.2) is 6.61 Å². The first kappa shape index (κ1) is 21.3. The van der Waals surface area contributed by atoms with Crippen molar-refractivity contribution in [2.24, 2.45) is 5.92 Å². The average Bonchev–Trinajstić information content (AvgIpc) is 2.77. The van der Waals surface area contributed by atoms with Crippen LogP contribution >= 0.6 is 0 Å². The Bertz CT molecular complexity index is 908. The second-order valence-corrected chi connectivity index (χ2v) is 7.47. The molecular formula is C22H25N3O5. The van der Waals surface area contributed by atoms with Gasteiger partial charge >= 0.3 is 5.97 Å². The van der Waals surface area contributed by atoms with E-state index in [2.05, 4.69) is 12.2 Å². The summed E-state index contributed by atoms with van der Waals surface area (Å²) in [6.45, 7) is 3.53. The first-order valence-corrected chi connectivity index (χ1v) is 9.95. The summed E-state index contributed by atoms with van der Waals surface area (Å²) in [4.78, 5) is 37.2. The number of nitro groups is 1. The molecule has 0 bridgehead atoms. The number of carbonyl (C=O) groups is 2. The number of benzene rings is 2. The highest BCUT2D eigenvalue weighted by Gasteiger charge is 2.25. The molecule has 0 aromatic heterocycles. The summed E-state index contributed by atoms with van der Waals surface area (Å²) in [6.07, 6.45) is 1.94. The Morgan fingerprint density at radius 2 is 1.87 bits per heavy atom. The highest BCUT2D eigenvalue weighted by molar-refractivity contribution is 5.93. The molecule has 2 aromatic carbocycles. The van der Waals surface area contributed by atoms with Crippen LogP contribution in [-0.2, 0) is 16.1 Å². The Labute approximate surface area is 175 Å². The molecule has 1 heterocycles. The molecule has 1 fully saturated rings. The van der Waals surface area contributed by atoms with Crippen molar-refractivity contribution in [1.29, 1.82) is 0 Å². The van der Waals surface area contributed by atoms with Crippen molar-refractivity contribution in [3.05, 3.63) is 69.8 Å². The maximum absolute atomic E-state index is 12.3. The van der Waals surface area contributed by atoms with Gasteiger partial charge in [-0.3, -0.25) is 14.9 Å². The van der Waals surface area contributed by atoms with E-state index in [1.165, 1.54) is 12.1 Å². The summed E-state index contributed by atoms with van der Waals surface area (Å²) >= 11 is 0. The van der Waals surface area contributed by atoms with E-state index in [9.17, 15) is 19.7 Å². The number of anilines is 1. The van der Waals surface area contributed by atoms with Gasteiger partial charge in [0.25, 0.3) is 11.6 Å². The van der Waals surface area contributed by atoms with E-state index in [1.54, 1.807) is 6.07 Å². The summed E-state index contributed by atoms with van der Waals surface area (Å²) in [5, 5.41) is 14.2. The molecule has 30 heavy (non-hydrogen) atoms. The van der Waals surface area contributed by atoms with Gasteiger partial charge in [-0.2, -0.15) is 0 Å². The van der Waals surface area contributed by atoms with Crippen molar-refractivity contribution in [3.63, 3.8) is 0 Å². The number of rotatable bonds is 7. The number of esters is 1. The molecule has 1 N–H and O–H groups in total. The summed E-state index contributed by atoms with van der Waals surface area (Å²) in [5.41, 5.74) is 1.35. The van der Waals surface area contributed by atoms with Crippen LogP contribution in [0.4, 0.5) is 11.4 Å². The summed E-state index contributed by atoms with van der Waals surface area (Å²) in [6, 6.07) is 13.7. The van der Waals surface area contributed by atoms with Gasteiger partial charge in [-0.25, -0.2) is 4.79 Å². The minimum Gasteiger partial charge on any atom is -0.452 e. The van der Waals surface area contributed by atoms with E-state index >= 15 is 0 Å². The summed E-state index contributed by atoms with van der Waals surface area (Å²) in [5.74, 6) is -0.616. The van der Waals surface area contributed by atoms with Crippen molar-refractivity contribution >= 4 is 23.3 Å². The Hall–Kier alpha value is -3.42. The van der Waals surface area contributed by atoms with Crippen LogP contribution < -0.4 is 10.2 Å². The van der Waals surface area contributed by atoms with Crippen LogP contribution in [0, 0.1) is 16.0 Å². The van der Waals surface area contributed by atoms with Crippen LogP contribution in [-0.4, -0.2) is 36.5 Å². The van der Waals surface area contributed by atoms with Crippen LogP contribution in [0.5, 0.6) is 0 Å². The normalized spacial score (nSPS) is 14.2. The van der Waals surface area contributed by atoms with Crippen molar-refractivity contribution in [3.8, 4) is 0 Å². The minimum atomic E-state index is -0.772. The van der Waals surface area contributed by atoms with Gasteiger partial charge < -0.3 is 15.0 Å².